The molecule has 0 aliphatic carbocycles. The van der Waals surface area contributed by atoms with E-state index in [0.717, 1.165) is 16.7 Å². The minimum atomic E-state index is -1.29. The van der Waals surface area contributed by atoms with Gasteiger partial charge < -0.3 is 5.11 Å². The highest BCUT2D eigenvalue weighted by atomic mass is 35.5. The maximum absolute atomic E-state index is 11.5. The molecule has 0 aliphatic rings. The van der Waals surface area contributed by atoms with Crippen molar-refractivity contribution in [3.63, 3.8) is 0 Å². The van der Waals surface area contributed by atoms with Crippen LogP contribution in [0.5, 0.6) is 0 Å². The van der Waals surface area contributed by atoms with E-state index in [9.17, 15) is 5.11 Å². The smallest absolute Gasteiger partial charge is 0.135 e. The zero-order valence-corrected chi connectivity index (χ0v) is 12.8. The first-order valence-corrected chi connectivity index (χ1v) is 7.69. The normalized spacial score (nSPS) is 12.8. The Bertz CT molecular complexity index is 671. The van der Waals surface area contributed by atoms with Crippen molar-refractivity contribution in [2.45, 2.75) is 11.0 Å². The van der Waals surface area contributed by atoms with Gasteiger partial charge in [-0.1, -0.05) is 91.0 Å². The molecule has 1 nitrogen and oxygen atoms in total. The molecule has 22 heavy (non-hydrogen) atoms. The average Bonchev–Trinajstić information content (AvgIpc) is 2.62. The molecule has 3 aromatic rings. The zero-order chi connectivity index (χ0) is 15.4. The molecular weight excluding hydrogens is 292 g/mol. The van der Waals surface area contributed by atoms with Crippen molar-refractivity contribution in [2.75, 3.05) is 0 Å². The van der Waals surface area contributed by atoms with Crippen molar-refractivity contribution in [1.82, 2.24) is 0 Å². The van der Waals surface area contributed by atoms with Gasteiger partial charge in [-0.25, -0.2) is 0 Å². The van der Waals surface area contributed by atoms with Crippen LogP contribution >= 0.6 is 11.6 Å². The number of hydrogen-bond donors (Lipinski definition) is 1. The second kappa shape index (κ2) is 6.35. The van der Waals surface area contributed by atoms with Crippen LogP contribution in [0.3, 0.4) is 0 Å². The highest BCUT2D eigenvalue weighted by Gasteiger charge is 2.40. The SMILES string of the molecule is OC(c1ccccc1)(c1ccccc1)C(Cl)c1ccccc1. The third-order valence-corrected chi connectivity index (χ3v) is 4.45. The summed E-state index contributed by atoms with van der Waals surface area (Å²) in [4.78, 5) is 0. The lowest BCUT2D eigenvalue weighted by Crippen LogP contribution is -2.32. The van der Waals surface area contributed by atoms with Crippen LogP contribution in [0.25, 0.3) is 0 Å². The fraction of sp³-hybridized carbons (Fsp3) is 0.100. The van der Waals surface area contributed by atoms with Gasteiger partial charge in [0.05, 0.1) is 5.38 Å². The summed E-state index contributed by atoms with van der Waals surface area (Å²) in [5.74, 6) is 0. The van der Waals surface area contributed by atoms with E-state index in [-0.39, 0.29) is 0 Å². The molecule has 0 saturated carbocycles. The van der Waals surface area contributed by atoms with Gasteiger partial charge >= 0.3 is 0 Å². The molecular formula is C20H17ClO. The summed E-state index contributed by atoms with van der Waals surface area (Å²) in [5.41, 5.74) is 1.17. The van der Waals surface area contributed by atoms with Gasteiger partial charge in [0.25, 0.3) is 0 Å². The topological polar surface area (TPSA) is 20.2 Å². The average molecular weight is 309 g/mol. The minimum absolute atomic E-state index is 0.585. The molecule has 1 unspecified atom stereocenters. The highest BCUT2D eigenvalue weighted by Crippen LogP contribution is 2.44. The Balaban J connectivity index is 2.16. The largest absolute Gasteiger partial charge is 0.378 e. The van der Waals surface area contributed by atoms with Gasteiger partial charge in [-0.05, 0) is 16.7 Å². The Morgan fingerprint density at radius 2 is 1.00 bits per heavy atom. The maximum atomic E-state index is 11.5. The van der Waals surface area contributed by atoms with E-state index >= 15 is 0 Å². The van der Waals surface area contributed by atoms with Gasteiger partial charge in [-0.15, -0.1) is 11.6 Å². The number of halogens is 1. The van der Waals surface area contributed by atoms with Crippen molar-refractivity contribution in [2.24, 2.45) is 0 Å². The fourth-order valence-electron chi connectivity index (χ4n) is 2.71. The van der Waals surface area contributed by atoms with Gasteiger partial charge in [0.1, 0.15) is 5.60 Å². The summed E-state index contributed by atoms with van der Waals surface area (Å²) >= 11 is 6.73. The van der Waals surface area contributed by atoms with Gasteiger partial charge in [0.15, 0.2) is 0 Å². The Hall–Kier alpha value is -2.09. The van der Waals surface area contributed by atoms with Crippen molar-refractivity contribution in [3.05, 3.63) is 108 Å². The molecule has 0 aliphatic heterocycles. The third kappa shape index (κ3) is 2.66. The van der Waals surface area contributed by atoms with E-state index in [0.29, 0.717) is 0 Å². The molecule has 1 N–H and O–H groups in total. The molecule has 0 saturated heterocycles. The van der Waals surface area contributed by atoms with Crippen LogP contribution in [-0.2, 0) is 5.60 Å². The predicted octanol–water partition coefficient (Wildman–Crippen LogP) is 4.90. The van der Waals surface area contributed by atoms with E-state index in [2.05, 4.69) is 0 Å². The second-order valence-electron chi connectivity index (χ2n) is 5.27. The fourth-order valence-corrected chi connectivity index (χ4v) is 3.10. The number of benzene rings is 3. The maximum Gasteiger partial charge on any atom is 0.135 e. The van der Waals surface area contributed by atoms with E-state index in [1.54, 1.807) is 0 Å². The van der Waals surface area contributed by atoms with Crippen molar-refractivity contribution >= 4 is 11.6 Å². The first-order chi connectivity index (χ1) is 10.7. The van der Waals surface area contributed by atoms with Gasteiger partial charge in [-0.3, -0.25) is 0 Å². The summed E-state index contributed by atoms with van der Waals surface area (Å²) < 4.78 is 0. The standard InChI is InChI=1S/C20H17ClO/c21-19(16-10-4-1-5-11-16)20(22,17-12-6-2-7-13-17)18-14-8-3-9-15-18/h1-15,19,22H. The van der Waals surface area contributed by atoms with Gasteiger partial charge in [0, 0.05) is 0 Å². The van der Waals surface area contributed by atoms with E-state index in [1.165, 1.54) is 0 Å². The van der Waals surface area contributed by atoms with Crippen molar-refractivity contribution in [1.29, 1.82) is 0 Å². The lowest BCUT2D eigenvalue weighted by molar-refractivity contribution is 0.0754. The number of rotatable bonds is 4. The van der Waals surface area contributed by atoms with Crippen LogP contribution in [0.2, 0.25) is 0 Å². The first kappa shape index (κ1) is 14.8. The van der Waals surface area contributed by atoms with Crippen LogP contribution in [0, 0.1) is 0 Å². The summed E-state index contributed by atoms with van der Waals surface area (Å²) in [6, 6.07) is 28.8. The van der Waals surface area contributed by atoms with Gasteiger partial charge in [0.2, 0.25) is 0 Å². The Morgan fingerprint density at radius 3 is 1.41 bits per heavy atom. The van der Waals surface area contributed by atoms with E-state index in [1.807, 2.05) is 91.0 Å². The quantitative estimate of drug-likeness (QED) is 0.679. The number of alkyl halides is 1. The molecule has 0 radical (unpaired) electrons. The van der Waals surface area contributed by atoms with Gasteiger partial charge in [-0.2, -0.15) is 0 Å². The molecule has 3 aromatic carbocycles. The number of hydrogen-bond acceptors (Lipinski definition) is 1. The molecule has 2 heteroatoms. The molecule has 1 atom stereocenters. The first-order valence-electron chi connectivity index (χ1n) is 7.25. The van der Waals surface area contributed by atoms with Crippen LogP contribution in [0.1, 0.15) is 22.1 Å². The van der Waals surface area contributed by atoms with Crippen LogP contribution in [-0.4, -0.2) is 5.11 Å². The lowest BCUT2D eigenvalue weighted by atomic mass is 9.81. The van der Waals surface area contributed by atoms with Crippen molar-refractivity contribution < 1.29 is 5.11 Å². The second-order valence-corrected chi connectivity index (χ2v) is 5.71. The minimum Gasteiger partial charge on any atom is -0.378 e. The Morgan fingerprint density at radius 1 is 0.636 bits per heavy atom. The third-order valence-electron chi connectivity index (χ3n) is 3.89. The molecule has 0 spiro atoms. The van der Waals surface area contributed by atoms with Crippen LogP contribution in [0.15, 0.2) is 91.0 Å². The van der Waals surface area contributed by atoms with Crippen molar-refractivity contribution in [3.8, 4) is 0 Å². The monoisotopic (exact) mass is 308 g/mol. The lowest BCUT2D eigenvalue weighted by Gasteiger charge is -2.34. The molecule has 0 aromatic heterocycles. The van der Waals surface area contributed by atoms with Crippen LogP contribution < -0.4 is 0 Å². The molecule has 0 heterocycles. The summed E-state index contributed by atoms with van der Waals surface area (Å²) in [6.07, 6.45) is 0. The summed E-state index contributed by atoms with van der Waals surface area (Å²) in [5, 5.41) is 11.0. The molecule has 0 fully saturated rings. The zero-order valence-electron chi connectivity index (χ0n) is 12.1. The Labute approximate surface area is 135 Å². The molecule has 0 amide bonds. The van der Waals surface area contributed by atoms with E-state index < -0.39 is 11.0 Å². The predicted molar refractivity (Wildman–Crippen MR) is 90.9 cm³/mol. The molecule has 3 rings (SSSR count). The summed E-state index contributed by atoms with van der Waals surface area (Å²) in [7, 11) is 0. The highest BCUT2D eigenvalue weighted by molar-refractivity contribution is 6.21. The molecule has 0 bridgehead atoms. The van der Waals surface area contributed by atoms with Crippen LogP contribution in [0.4, 0.5) is 0 Å². The summed E-state index contributed by atoms with van der Waals surface area (Å²) in [6.45, 7) is 0. The Kier molecular flexibility index (Phi) is 4.28. The number of aliphatic hydroxyl groups is 1. The molecule has 110 valence electrons. The van der Waals surface area contributed by atoms with E-state index in [4.69, 9.17) is 11.6 Å².